The summed E-state index contributed by atoms with van der Waals surface area (Å²) >= 11 is 1.90. The third-order valence-corrected chi connectivity index (χ3v) is 4.28. The Morgan fingerprint density at radius 3 is 2.13 bits per heavy atom. The lowest BCUT2D eigenvalue weighted by molar-refractivity contribution is 0.317. The summed E-state index contributed by atoms with van der Waals surface area (Å²) in [7, 11) is 2.07. The molecule has 15 heavy (non-hydrogen) atoms. The average Bonchev–Trinajstić information content (AvgIpc) is 2.47. The Morgan fingerprint density at radius 1 is 1.20 bits per heavy atom. The topological polar surface area (TPSA) is 12.0 Å². The van der Waals surface area contributed by atoms with Gasteiger partial charge in [0.15, 0.2) is 0 Å². The molecule has 2 unspecified atom stereocenters. The molecule has 0 aliphatic heterocycles. The zero-order chi connectivity index (χ0) is 11.6. The van der Waals surface area contributed by atoms with Crippen LogP contribution in [-0.4, -0.2) is 7.05 Å². The predicted octanol–water partition coefficient (Wildman–Crippen LogP) is 3.92. The van der Waals surface area contributed by atoms with Crippen molar-refractivity contribution in [2.45, 2.75) is 40.7 Å². The third-order valence-electron chi connectivity index (χ3n) is 3.30. The van der Waals surface area contributed by atoms with Gasteiger partial charge >= 0.3 is 0 Å². The van der Waals surface area contributed by atoms with Gasteiger partial charge in [0.1, 0.15) is 0 Å². The van der Waals surface area contributed by atoms with Crippen molar-refractivity contribution in [2.24, 2.45) is 11.8 Å². The van der Waals surface area contributed by atoms with Gasteiger partial charge in [0.05, 0.1) is 0 Å². The molecule has 0 aliphatic carbocycles. The maximum atomic E-state index is 3.46. The van der Waals surface area contributed by atoms with Gasteiger partial charge in [-0.25, -0.2) is 0 Å². The highest BCUT2D eigenvalue weighted by atomic mass is 32.1. The van der Waals surface area contributed by atoms with Crippen molar-refractivity contribution in [2.75, 3.05) is 7.05 Å². The van der Waals surface area contributed by atoms with E-state index >= 15 is 0 Å². The van der Waals surface area contributed by atoms with E-state index in [9.17, 15) is 0 Å². The van der Waals surface area contributed by atoms with Crippen LogP contribution in [0.1, 0.15) is 42.1 Å². The molecule has 1 nitrogen and oxygen atoms in total. The highest BCUT2D eigenvalue weighted by Gasteiger charge is 2.22. The molecule has 1 aromatic heterocycles. The smallest absolute Gasteiger partial charge is 0.0357 e. The predicted molar refractivity (Wildman–Crippen MR) is 69.6 cm³/mol. The fourth-order valence-corrected chi connectivity index (χ4v) is 3.02. The Bertz CT molecular complexity index is 314. The fraction of sp³-hybridized carbons (Fsp3) is 0.692. The third kappa shape index (κ3) is 2.82. The van der Waals surface area contributed by atoms with Gasteiger partial charge in [0.25, 0.3) is 0 Å². The number of aryl methyl sites for hydroxylation is 2. The van der Waals surface area contributed by atoms with Crippen LogP contribution in [0, 0.1) is 25.7 Å². The molecule has 0 bridgehead atoms. The lowest BCUT2D eigenvalue weighted by atomic mass is 9.86. The summed E-state index contributed by atoms with van der Waals surface area (Å²) in [5.74, 6) is 1.38. The first-order valence-electron chi connectivity index (χ1n) is 5.71. The van der Waals surface area contributed by atoms with E-state index in [1.807, 2.05) is 11.3 Å². The minimum atomic E-state index is 0.495. The van der Waals surface area contributed by atoms with Crippen LogP contribution < -0.4 is 5.32 Å². The van der Waals surface area contributed by atoms with Gasteiger partial charge in [-0.2, -0.15) is 0 Å². The summed E-state index contributed by atoms with van der Waals surface area (Å²) in [6.07, 6.45) is 0. The van der Waals surface area contributed by atoms with Crippen LogP contribution in [0.2, 0.25) is 0 Å². The van der Waals surface area contributed by atoms with E-state index in [0.29, 0.717) is 17.9 Å². The first-order chi connectivity index (χ1) is 6.97. The molecule has 0 aliphatic rings. The van der Waals surface area contributed by atoms with Gasteiger partial charge in [0.2, 0.25) is 0 Å². The van der Waals surface area contributed by atoms with E-state index < -0.39 is 0 Å². The molecule has 0 amide bonds. The van der Waals surface area contributed by atoms with E-state index in [-0.39, 0.29) is 0 Å². The van der Waals surface area contributed by atoms with E-state index in [1.54, 1.807) is 0 Å². The molecular weight excluding hydrogens is 202 g/mol. The van der Waals surface area contributed by atoms with Gasteiger partial charge < -0.3 is 5.32 Å². The maximum absolute atomic E-state index is 3.46. The van der Waals surface area contributed by atoms with Crippen LogP contribution in [0.5, 0.6) is 0 Å². The summed E-state index contributed by atoms with van der Waals surface area (Å²) < 4.78 is 0. The Kier molecular flexibility index (Phi) is 4.35. The summed E-state index contributed by atoms with van der Waals surface area (Å²) in [5, 5.41) is 3.46. The zero-order valence-corrected chi connectivity index (χ0v) is 11.5. The number of rotatable bonds is 4. The summed E-state index contributed by atoms with van der Waals surface area (Å²) in [4.78, 5) is 2.87. The fourth-order valence-electron chi connectivity index (χ4n) is 2.05. The van der Waals surface area contributed by atoms with Crippen molar-refractivity contribution in [1.82, 2.24) is 5.32 Å². The lowest BCUT2D eigenvalue weighted by Gasteiger charge is -2.27. The van der Waals surface area contributed by atoms with E-state index in [0.717, 1.165) is 0 Å². The quantitative estimate of drug-likeness (QED) is 0.819. The molecule has 1 heterocycles. The van der Waals surface area contributed by atoms with Gasteiger partial charge in [0, 0.05) is 15.8 Å². The standard InChI is InChI=1S/C13H23NS/c1-8(2)10(4)13(14-6)12-7-9(3)15-11(12)5/h7-8,10,13-14H,1-6H3. The SMILES string of the molecule is CNC(c1cc(C)sc1C)C(C)C(C)C. The molecule has 0 spiro atoms. The van der Waals surface area contributed by atoms with E-state index in [4.69, 9.17) is 0 Å². The number of nitrogens with one attached hydrogen (secondary N) is 1. The van der Waals surface area contributed by atoms with Crippen LogP contribution in [0.3, 0.4) is 0 Å². The summed E-state index contributed by atoms with van der Waals surface area (Å²) in [6, 6.07) is 2.83. The van der Waals surface area contributed by atoms with Crippen LogP contribution in [0.25, 0.3) is 0 Å². The normalized spacial score (nSPS) is 15.7. The van der Waals surface area contributed by atoms with Crippen molar-refractivity contribution in [3.63, 3.8) is 0 Å². The Balaban J connectivity index is 2.96. The van der Waals surface area contributed by atoms with E-state index in [2.05, 4.69) is 53.0 Å². The molecule has 0 aromatic carbocycles. The highest BCUT2D eigenvalue weighted by molar-refractivity contribution is 7.12. The molecule has 1 N–H and O–H groups in total. The lowest BCUT2D eigenvalue weighted by Crippen LogP contribution is -2.26. The van der Waals surface area contributed by atoms with Crippen LogP contribution in [0.4, 0.5) is 0 Å². The van der Waals surface area contributed by atoms with Crippen molar-refractivity contribution < 1.29 is 0 Å². The number of thiophene rings is 1. The van der Waals surface area contributed by atoms with Crippen molar-refractivity contribution in [3.05, 3.63) is 21.4 Å². The van der Waals surface area contributed by atoms with Crippen molar-refractivity contribution in [3.8, 4) is 0 Å². The van der Waals surface area contributed by atoms with Crippen LogP contribution in [-0.2, 0) is 0 Å². The molecule has 2 atom stereocenters. The molecule has 1 rings (SSSR count). The second kappa shape index (κ2) is 5.13. The summed E-state index contributed by atoms with van der Waals surface area (Å²) in [5.41, 5.74) is 1.49. The Labute approximate surface area is 97.9 Å². The summed E-state index contributed by atoms with van der Waals surface area (Å²) in [6.45, 7) is 11.3. The first kappa shape index (κ1) is 12.7. The number of hydrogen-bond acceptors (Lipinski definition) is 2. The molecule has 0 radical (unpaired) electrons. The van der Waals surface area contributed by atoms with Crippen LogP contribution in [0.15, 0.2) is 6.07 Å². The van der Waals surface area contributed by atoms with Crippen LogP contribution >= 0.6 is 11.3 Å². The first-order valence-corrected chi connectivity index (χ1v) is 6.53. The van der Waals surface area contributed by atoms with Gasteiger partial charge in [-0.3, -0.25) is 0 Å². The monoisotopic (exact) mass is 225 g/mol. The maximum Gasteiger partial charge on any atom is 0.0357 e. The number of hydrogen-bond donors (Lipinski definition) is 1. The van der Waals surface area contributed by atoms with Gasteiger partial charge in [-0.1, -0.05) is 20.8 Å². The molecular formula is C13H23NS. The minimum Gasteiger partial charge on any atom is -0.313 e. The second-order valence-corrected chi connectivity index (χ2v) is 6.20. The Morgan fingerprint density at radius 2 is 1.80 bits per heavy atom. The molecule has 86 valence electrons. The molecule has 1 aromatic rings. The second-order valence-electron chi connectivity index (χ2n) is 4.74. The molecule has 2 heteroatoms. The zero-order valence-electron chi connectivity index (χ0n) is 10.7. The highest BCUT2D eigenvalue weighted by Crippen LogP contribution is 2.33. The average molecular weight is 225 g/mol. The van der Waals surface area contributed by atoms with Gasteiger partial charge in [-0.15, -0.1) is 11.3 Å². The molecule has 0 saturated heterocycles. The molecule has 0 fully saturated rings. The Hall–Kier alpha value is -0.340. The van der Waals surface area contributed by atoms with Gasteiger partial charge in [-0.05, 0) is 44.4 Å². The minimum absolute atomic E-state index is 0.495. The van der Waals surface area contributed by atoms with E-state index in [1.165, 1.54) is 15.3 Å². The van der Waals surface area contributed by atoms with Crippen molar-refractivity contribution in [1.29, 1.82) is 0 Å². The van der Waals surface area contributed by atoms with Crippen molar-refractivity contribution >= 4 is 11.3 Å². The largest absolute Gasteiger partial charge is 0.313 e. The molecule has 0 saturated carbocycles.